The van der Waals surface area contributed by atoms with Gasteiger partial charge in [0.1, 0.15) is 0 Å². The van der Waals surface area contributed by atoms with Crippen LogP contribution in [-0.4, -0.2) is 0 Å². The Morgan fingerprint density at radius 3 is 2.40 bits per heavy atom. The lowest BCUT2D eigenvalue weighted by Crippen LogP contribution is -2.07. The first kappa shape index (κ1) is 9.55. The van der Waals surface area contributed by atoms with Crippen molar-refractivity contribution in [1.29, 1.82) is 0 Å². The lowest BCUT2D eigenvalue weighted by molar-refractivity contribution is 1.25. The predicted molar refractivity (Wildman–Crippen MR) is 53.4 cm³/mol. The lowest BCUT2D eigenvalue weighted by Gasteiger charge is -1.88. The van der Waals surface area contributed by atoms with Gasteiger partial charge in [-0.2, -0.15) is 0 Å². The van der Waals surface area contributed by atoms with Gasteiger partial charge in [0.05, 0.1) is 5.82 Å². The van der Waals surface area contributed by atoms with Gasteiger partial charge in [-0.1, -0.05) is 12.2 Å². The second-order valence-electron chi connectivity index (χ2n) is 1.72. The number of hydrogen-bond donors (Lipinski definition) is 2. The molecule has 0 saturated heterocycles. The lowest BCUT2D eigenvalue weighted by atomic mass is 10.4. The van der Waals surface area contributed by atoms with Gasteiger partial charge < -0.3 is 11.5 Å². The topological polar surface area (TPSA) is 52.0 Å². The first-order valence-corrected chi connectivity index (χ1v) is 3.96. The van der Waals surface area contributed by atoms with Crippen LogP contribution < -0.4 is 11.5 Å². The smallest absolute Gasteiger partial charge is 0.0944 e. The molecule has 0 fully saturated rings. The number of rotatable bonds is 2. The summed E-state index contributed by atoms with van der Waals surface area (Å²) in [6.07, 6.45) is 7.52. The van der Waals surface area contributed by atoms with Crippen molar-refractivity contribution in [2.24, 2.45) is 11.5 Å². The van der Waals surface area contributed by atoms with E-state index in [1.165, 1.54) is 0 Å². The van der Waals surface area contributed by atoms with E-state index >= 15 is 0 Å². The molecule has 0 spiro atoms. The molecule has 0 rings (SSSR count). The Kier molecular flexibility index (Phi) is 5.10. The molecule has 0 aromatic carbocycles. The molecule has 10 heavy (non-hydrogen) atoms. The van der Waals surface area contributed by atoms with Crippen LogP contribution in [0.15, 0.2) is 33.7 Å². The van der Waals surface area contributed by atoms with E-state index < -0.39 is 0 Å². The fraction of sp³-hybridized carbons (Fsp3) is 0.143. The fourth-order valence-corrected chi connectivity index (χ4v) is 0.963. The van der Waals surface area contributed by atoms with Crippen molar-refractivity contribution in [3.8, 4) is 0 Å². The van der Waals surface area contributed by atoms with Crippen molar-refractivity contribution in [3.63, 3.8) is 0 Å². The SMILES string of the molecule is C/C=C\C=C(\I)C=C(N)N. The van der Waals surface area contributed by atoms with E-state index in [1.54, 1.807) is 6.08 Å². The molecule has 2 nitrogen and oxygen atoms in total. The van der Waals surface area contributed by atoms with Gasteiger partial charge in [-0.05, 0) is 41.7 Å². The summed E-state index contributed by atoms with van der Waals surface area (Å²) in [7, 11) is 0. The van der Waals surface area contributed by atoms with Crippen molar-refractivity contribution in [2.75, 3.05) is 0 Å². The molecule has 0 aromatic heterocycles. The van der Waals surface area contributed by atoms with Crippen LogP contribution in [0.25, 0.3) is 0 Å². The Morgan fingerprint density at radius 2 is 2.00 bits per heavy atom. The van der Waals surface area contributed by atoms with Gasteiger partial charge in [0.2, 0.25) is 0 Å². The van der Waals surface area contributed by atoms with Gasteiger partial charge in [0.15, 0.2) is 0 Å². The summed E-state index contributed by atoms with van der Waals surface area (Å²) in [4.78, 5) is 0. The van der Waals surface area contributed by atoms with E-state index in [1.807, 2.05) is 25.2 Å². The zero-order chi connectivity index (χ0) is 7.98. The third-order valence-electron chi connectivity index (χ3n) is 0.752. The van der Waals surface area contributed by atoms with Gasteiger partial charge in [0, 0.05) is 3.58 Å². The molecule has 0 aliphatic carbocycles. The van der Waals surface area contributed by atoms with Crippen LogP contribution in [0.1, 0.15) is 6.92 Å². The van der Waals surface area contributed by atoms with Crippen LogP contribution in [0.2, 0.25) is 0 Å². The monoisotopic (exact) mass is 250 g/mol. The number of hydrogen-bond acceptors (Lipinski definition) is 2. The zero-order valence-corrected chi connectivity index (χ0v) is 8.00. The van der Waals surface area contributed by atoms with E-state index in [9.17, 15) is 0 Å². The fourth-order valence-electron chi connectivity index (χ4n) is 0.395. The van der Waals surface area contributed by atoms with Crippen LogP contribution in [0.3, 0.4) is 0 Å². The molecule has 3 heteroatoms. The summed E-state index contributed by atoms with van der Waals surface area (Å²) >= 11 is 2.15. The highest BCUT2D eigenvalue weighted by Crippen LogP contribution is 2.07. The first-order valence-electron chi connectivity index (χ1n) is 2.88. The second kappa shape index (κ2) is 5.34. The summed E-state index contributed by atoms with van der Waals surface area (Å²) in [5.41, 5.74) is 10.5. The maximum Gasteiger partial charge on any atom is 0.0944 e. The number of allylic oxidation sites excluding steroid dienone is 5. The van der Waals surface area contributed by atoms with E-state index in [0.29, 0.717) is 5.82 Å². The highest BCUT2D eigenvalue weighted by Gasteiger charge is 1.81. The third kappa shape index (κ3) is 5.68. The average molecular weight is 250 g/mol. The van der Waals surface area contributed by atoms with Crippen LogP contribution >= 0.6 is 22.6 Å². The maximum atomic E-state index is 5.23. The molecule has 56 valence electrons. The molecule has 0 amide bonds. The molecule has 0 heterocycles. The third-order valence-corrected chi connectivity index (χ3v) is 1.42. The van der Waals surface area contributed by atoms with E-state index in [-0.39, 0.29) is 0 Å². The van der Waals surface area contributed by atoms with Crippen molar-refractivity contribution >= 4 is 22.6 Å². The average Bonchev–Trinajstić information content (AvgIpc) is 1.82. The first-order chi connectivity index (χ1) is 4.66. The largest absolute Gasteiger partial charge is 0.386 e. The molecule has 0 atom stereocenters. The number of nitrogens with two attached hydrogens (primary N) is 2. The van der Waals surface area contributed by atoms with Crippen LogP contribution in [0, 0.1) is 0 Å². The highest BCUT2D eigenvalue weighted by atomic mass is 127. The van der Waals surface area contributed by atoms with Crippen molar-refractivity contribution in [3.05, 3.63) is 33.7 Å². The van der Waals surface area contributed by atoms with E-state index in [4.69, 9.17) is 11.5 Å². The Bertz CT molecular complexity index is 176. The van der Waals surface area contributed by atoms with Crippen LogP contribution in [0.4, 0.5) is 0 Å². The van der Waals surface area contributed by atoms with Gasteiger partial charge in [0.25, 0.3) is 0 Å². The normalized spacial score (nSPS) is 12.0. The summed E-state index contributed by atoms with van der Waals surface area (Å²) in [5, 5.41) is 0. The second-order valence-corrected chi connectivity index (χ2v) is 2.97. The van der Waals surface area contributed by atoms with Crippen molar-refractivity contribution < 1.29 is 0 Å². The molecule has 0 unspecified atom stereocenters. The van der Waals surface area contributed by atoms with E-state index in [2.05, 4.69) is 22.6 Å². The predicted octanol–water partition coefficient (Wildman–Crippen LogP) is 1.64. The molecule has 0 aliphatic heterocycles. The van der Waals surface area contributed by atoms with Crippen molar-refractivity contribution in [1.82, 2.24) is 0 Å². The Morgan fingerprint density at radius 1 is 1.40 bits per heavy atom. The Balaban J connectivity index is 4.08. The van der Waals surface area contributed by atoms with Gasteiger partial charge in [-0.15, -0.1) is 0 Å². The minimum atomic E-state index is 0.338. The zero-order valence-electron chi connectivity index (χ0n) is 5.84. The minimum absolute atomic E-state index is 0.338. The van der Waals surface area contributed by atoms with Crippen molar-refractivity contribution in [2.45, 2.75) is 6.92 Å². The van der Waals surface area contributed by atoms with Gasteiger partial charge in [-0.3, -0.25) is 0 Å². The van der Waals surface area contributed by atoms with E-state index in [0.717, 1.165) is 3.58 Å². The molecule has 0 saturated carbocycles. The molecular weight excluding hydrogens is 239 g/mol. The molecule has 0 aliphatic rings. The molecular formula is C7H11IN2. The summed E-state index contributed by atoms with van der Waals surface area (Å²) < 4.78 is 1.02. The van der Waals surface area contributed by atoms with Gasteiger partial charge in [-0.25, -0.2) is 0 Å². The quantitative estimate of drug-likeness (QED) is 0.578. The molecule has 0 radical (unpaired) electrons. The molecule has 4 N–H and O–H groups in total. The highest BCUT2D eigenvalue weighted by molar-refractivity contribution is 14.1. The molecule has 0 bridgehead atoms. The Hall–Kier alpha value is -0.450. The summed E-state index contributed by atoms with van der Waals surface area (Å²) in [6.45, 7) is 1.95. The van der Waals surface area contributed by atoms with Crippen LogP contribution in [0.5, 0.6) is 0 Å². The van der Waals surface area contributed by atoms with Crippen LogP contribution in [-0.2, 0) is 0 Å². The standard InChI is InChI=1S/C7H11IN2/c1-2-3-4-6(8)5-7(9)10/h2-5H,9-10H2,1H3/b3-2-,6-4+. The maximum absolute atomic E-state index is 5.23. The Labute approximate surface area is 74.8 Å². The summed E-state index contributed by atoms with van der Waals surface area (Å²) in [6, 6.07) is 0. The summed E-state index contributed by atoms with van der Waals surface area (Å²) in [5.74, 6) is 0.338. The van der Waals surface area contributed by atoms with Gasteiger partial charge >= 0.3 is 0 Å². The minimum Gasteiger partial charge on any atom is -0.386 e. The number of halogens is 1. The molecule has 0 aromatic rings.